The molecule has 310 valence electrons. The highest BCUT2D eigenvalue weighted by Gasteiger charge is 2.56. The SMILES string of the molecule is CC(C)n1cnc2cc(-c3ccc4c(c3)N(C3CC(N5CCCCC5)C3)C(=O)C43CCN(C(=O)CC4CCN(C(=O)C5CCCCC5)CC4)CC3)nc(NC3CC3)c21. The number of imidazole rings is 1. The highest BCUT2D eigenvalue weighted by Crippen LogP contribution is 2.52. The molecule has 3 amide bonds. The Balaban J connectivity index is 0.874. The highest BCUT2D eigenvalue weighted by atomic mass is 16.2. The maximum atomic E-state index is 15.1. The summed E-state index contributed by atoms with van der Waals surface area (Å²) in [6.45, 7) is 9.48. The predicted octanol–water partition coefficient (Wildman–Crippen LogP) is 7.69. The van der Waals surface area contributed by atoms with Gasteiger partial charge in [0.15, 0.2) is 5.82 Å². The summed E-state index contributed by atoms with van der Waals surface area (Å²) in [6, 6.07) is 10.2. The Kier molecular flexibility index (Phi) is 10.3. The van der Waals surface area contributed by atoms with E-state index in [1.165, 1.54) is 51.6 Å². The van der Waals surface area contributed by atoms with Gasteiger partial charge in [-0.2, -0.15) is 0 Å². The number of hydrogen-bond acceptors (Lipinski definition) is 7. The van der Waals surface area contributed by atoms with Crippen molar-refractivity contribution in [1.29, 1.82) is 0 Å². The number of piperidine rings is 3. The van der Waals surface area contributed by atoms with Crippen molar-refractivity contribution in [3.8, 4) is 11.3 Å². The number of nitrogens with zero attached hydrogens (tertiary/aromatic N) is 7. The second-order valence-corrected chi connectivity index (χ2v) is 19.4. The van der Waals surface area contributed by atoms with Gasteiger partial charge in [-0.3, -0.25) is 14.4 Å². The number of nitrogens with one attached hydrogen (secondary N) is 1. The van der Waals surface area contributed by atoms with Crippen LogP contribution in [0.4, 0.5) is 11.5 Å². The van der Waals surface area contributed by atoms with Crippen molar-refractivity contribution in [3.05, 3.63) is 36.2 Å². The van der Waals surface area contributed by atoms with E-state index in [1.54, 1.807) is 0 Å². The van der Waals surface area contributed by atoms with Gasteiger partial charge in [0.2, 0.25) is 17.7 Å². The molecule has 10 rings (SSSR count). The first kappa shape index (κ1) is 38.2. The van der Waals surface area contributed by atoms with Gasteiger partial charge < -0.3 is 29.5 Å². The second kappa shape index (κ2) is 15.6. The van der Waals surface area contributed by atoms with Crippen LogP contribution < -0.4 is 10.2 Å². The highest BCUT2D eigenvalue weighted by molar-refractivity contribution is 6.09. The molecule has 7 aliphatic rings. The number of benzene rings is 1. The molecule has 0 atom stereocenters. The van der Waals surface area contributed by atoms with E-state index in [0.29, 0.717) is 56.3 Å². The Morgan fingerprint density at radius 3 is 2.26 bits per heavy atom. The van der Waals surface area contributed by atoms with E-state index in [0.717, 1.165) is 104 Å². The molecule has 1 aromatic carbocycles. The smallest absolute Gasteiger partial charge is 0.238 e. The third-order valence-corrected chi connectivity index (χ3v) is 15.4. The summed E-state index contributed by atoms with van der Waals surface area (Å²) in [5.41, 5.74) is 5.45. The molecule has 58 heavy (non-hydrogen) atoms. The molecular formula is C47H64N8O3. The van der Waals surface area contributed by atoms with Gasteiger partial charge in [-0.05, 0) is 128 Å². The third-order valence-electron chi connectivity index (χ3n) is 15.4. The molecule has 3 saturated heterocycles. The molecule has 2 aromatic heterocycles. The lowest BCUT2D eigenvalue weighted by atomic mass is 9.73. The fourth-order valence-corrected chi connectivity index (χ4v) is 11.5. The fourth-order valence-electron chi connectivity index (χ4n) is 11.5. The Hall–Kier alpha value is -3.99. The van der Waals surface area contributed by atoms with Gasteiger partial charge in [0.1, 0.15) is 5.52 Å². The van der Waals surface area contributed by atoms with Crippen molar-refractivity contribution in [1.82, 2.24) is 29.2 Å². The summed E-state index contributed by atoms with van der Waals surface area (Å²) >= 11 is 0. The van der Waals surface area contributed by atoms with Crippen molar-refractivity contribution in [2.75, 3.05) is 49.5 Å². The maximum Gasteiger partial charge on any atom is 0.238 e. The van der Waals surface area contributed by atoms with Crippen molar-refractivity contribution in [2.24, 2.45) is 11.8 Å². The minimum absolute atomic E-state index is 0.188. The van der Waals surface area contributed by atoms with E-state index < -0.39 is 5.41 Å². The van der Waals surface area contributed by atoms with Crippen LogP contribution in [0.25, 0.3) is 22.3 Å². The number of anilines is 2. The molecule has 4 aliphatic heterocycles. The molecule has 11 nitrogen and oxygen atoms in total. The zero-order chi connectivity index (χ0) is 39.5. The maximum absolute atomic E-state index is 15.1. The summed E-state index contributed by atoms with van der Waals surface area (Å²) in [7, 11) is 0. The van der Waals surface area contributed by atoms with E-state index in [2.05, 4.69) is 62.7 Å². The van der Waals surface area contributed by atoms with Crippen LogP contribution in [0.15, 0.2) is 30.6 Å². The Labute approximate surface area is 344 Å². The first-order valence-corrected chi connectivity index (χ1v) is 23.2. The van der Waals surface area contributed by atoms with Crippen LogP contribution in [0, 0.1) is 11.8 Å². The molecule has 0 bridgehead atoms. The van der Waals surface area contributed by atoms with Gasteiger partial charge >= 0.3 is 0 Å². The van der Waals surface area contributed by atoms with Crippen molar-refractivity contribution < 1.29 is 14.4 Å². The van der Waals surface area contributed by atoms with Crippen LogP contribution in [0.1, 0.15) is 135 Å². The van der Waals surface area contributed by atoms with Gasteiger partial charge in [0, 0.05) is 73.9 Å². The number of aromatic nitrogens is 3. The molecule has 1 N–H and O–H groups in total. The average Bonchev–Trinajstić information content (AvgIpc) is 3.90. The van der Waals surface area contributed by atoms with Crippen molar-refractivity contribution in [3.63, 3.8) is 0 Å². The van der Waals surface area contributed by atoms with Crippen LogP contribution in [-0.2, 0) is 19.8 Å². The van der Waals surface area contributed by atoms with Gasteiger partial charge in [0.05, 0.1) is 23.0 Å². The van der Waals surface area contributed by atoms with E-state index in [1.807, 2.05) is 11.2 Å². The van der Waals surface area contributed by atoms with Gasteiger partial charge in [0.25, 0.3) is 0 Å². The number of carbonyl (C=O) groups excluding carboxylic acids is 3. The fraction of sp³-hybridized carbons (Fsp3) is 0.681. The summed E-state index contributed by atoms with van der Waals surface area (Å²) in [5.74, 6) is 2.22. The van der Waals surface area contributed by atoms with Crippen LogP contribution in [-0.4, -0.2) is 104 Å². The van der Waals surface area contributed by atoms with Gasteiger partial charge in [-0.1, -0.05) is 37.8 Å². The third kappa shape index (κ3) is 7.00. The summed E-state index contributed by atoms with van der Waals surface area (Å²) in [5, 5.41) is 3.71. The predicted molar refractivity (Wildman–Crippen MR) is 228 cm³/mol. The second-order valence-electron chi connectivity index (χ2n) is 19.4. The van der Waals surface area contributed by atoms with Crippen LogP contribution in [0.2, 0.25) is 0 Å². The normalized spacial score (nSPS) is 25.8. The molecule has 0 radical (unpaired) electrons. The number of fused-ring (bicyclic) bond motifs is 3. The van der Waals surface area contributed by atoms with Crippen molar-refractivity contribution >= 4 is 40.3 Å². The van der Waals surface area contributed by atoms with E-state index in [9.17, 15) is 9.59 Å². The minimum atomic E-state index is -0.613. The average molecular weight is 789 g/mol. The Morgan fingerprint density at radius 1 is 0.828 bits per heavy atom. The number of likely N-dealkylation sites (tertiary alicyclic amines) is 3. The minimum Gasteiger partial charge on any atom is -0.366 e. The summed E-state index contributed by atoms with van der Waals surface area (Å²) < 4.78 is 2.21. The monoisotopic (exact) mass is 789 g/mol. The lowest BCUT2D eigenvalue weighted by Crippen LogP contribution is -2.58. The largest absolute Gasteiger partial charge is 0.366 e. The molecule has 3 aromatic rings. The molecule has 6 fully saturated rings. The standard InChI is InChI=1S/C47H64N8O3/c1-31(2)54-30-48-40-29-39(50-44(43(40)54)49-35-12-13-35)34-11-14-38-41(26-34)55(37-27-36(28-37)51-19-7-4-8-20-51)46(58)47(38)17-23-52(24-18-47)42(56)25-32-15-21-53(22-16-32)45(57)33-9-5-3-6-10-33/h11,14,26,29-33,35-37H,3-10,12-13,15-25,27-28H2,1-2H3,(H,49,50). The lowest BCUT2D eigenvalue weighted by Gasteiger charge is -2.48. The van der Waals surface area contributed by atoms with E-state index >= 15 is 4.79 Å². The quantitative estimate of drug-likeness (QED) is 0.237. The number of hydrogen-bond donors (Lipinski definition) is 1. The summed E-state index contributed by atoms with van der Waals surface area (Å²) in [4.78, 5) is 61.1. The lowest BCUT2D eigenvalue weighted by molar-refractivity contribution is -0.139. The van der Waals surface area contributed by atoms with E-state index in [-0.39, 0.29) is 29.8 Å². The molecular weight excluding hydrogens is 725 g/mol. The molecule has 11 heteroatoms. The molecule has 3 saturated carbocycles. The first-order valence-electron chi connectivity index (χ1n) is 23.2. The molecule has 1 spiro atoms. The Morgan fingerprint density at radius 2 is 1.55 bits per heavy atom. The van der Waals surface area contributed by atoms with Gasteiger partial charge in [-0.15, -0.1) is 0 Å². The molecule has 6 heterocycles. The first-order chi connectivity index (χ1) is 28.3. The molecule has 0 unspecified atom stereocenters. The van der Waals surface area contributed by atoms with Crippen molar-refractivity contribution in [2.45, 2.75) is 153 Å². The topological polar surface area (TPSA) is 107 Å². The number of pyridine rings is 1. The van der Waals surface area contributed by atoms with Gasteiger partial charge in [-0.25, -0.2) is 9.97 Å². The number of rotatable bonds is 9. The summed E-state index contributed by atoms with van der Waals surface area (Å²) in [6.07, 6.45) is 19.5. The number of carbonyl (C=O) groups is 3. The van der Waals surface area contributed by atoms with E-state index in [4.69, 9.17) is 9.97 Å². The van der Waals surface area contributed by atoms with Crippen LogP contribution >= 0.6 is 0 Å². The Bertz CT molecular complexity index is 2020. The molecule has 3 aliphatic carbocycles. The van der Waals surface area contributed by atoms with Crippen LogP contribution in [0.5, 0.6) is 0 Å². The van der Waals surface area contributed by atoms with Crippen LogP contribution in [0.3, 0.4) is 0 Å². The zero-order valence-electron chi connectivity index (χ0n) is 35.0. The zero-order valence-corrected chi connectivity index (χ0v) is 35.0. The number of amides is 3.